The molecule has 0 unspecified atom stereocenters. The van der Waals surface area contributed by atoms with Gasteiger partial charge in [-0.25, -0.2) is 8.42 Å². The van der Waals surface area contributed by atoms with E-state index in [4.69, 9.17) is 10.8 Å². The van der Waals surface area contributed by atoms with Crippen LogP contribution in [0, 0.1) is 6.92 Å². The quantitative estimate of drug-likeness (QED) is 0.773. The maximum absolute atomic E-state index is 12.6. The number of aliphatic hydroxyl groups excluding tert-OH is 1. The average molecular weight is 286 g/mol. The minimum atomic E-state index is -3.55. The molecule has 0 aliphatic heterocycles. The van der Waals surface area contributed by atoms with Crippen LogP contribution in [0.2, 0.25) is 0 Å². The Morgan fingerprint density at radius 2 is 2.00 bits per heavy atom. The van der Waals surface area contributed by atoms with Crippen molar-refractivity contribution in [2.75, 3.05) is 18.9 Å². The molecule has 1 rings (SSSR count). The number of hydrogen-bond donors (Lipinski definition) is 2. The summed E-state index contributed by atoms with van der Waals surface area (Å²) in [6, 6.07) is 4.62. The third kappa shape index (κ3) is 3.68. The van der Waals surface area contributed by atoms with E-state index in [0.29, 0.717) is 24.2 Å². The molecule has 0 aliphatic rings. The molecular weight excluding hydrogens is 264 g/mol. The molecule has 5 nitrogen and oxygen atoms in total. The van der Waals surface area contributed by atoms with Crippen molar-refractivity contribution < 1.29 is 13.5 Å². The zero-order valence-electron chi connectivity index (χ0n) is 11.6. The van der Waals surface area contributed by atoms with Crippen LogP contribution in [0.25, 0.3) is 0 Å². The number of hydrogen-bond acceptors (Lipinski definition) is 4. The van der Waals surface area contributed by atoms with Crippen LogP contribution < -0.4 is 5.73 Å². The summed E-state index contributed by atoms with van der Waals surface area (Å²) >= 11 is 0. The maximum Gasteiger partial charge on any atom is 0.243 e. The van der Waals surface area contributed by atoms with Crippen LogP contribution in [0.15, 0.2) is 23.1 Å². The zero-order valence-corrected chi connectivity index (χ0v) is 12.4. The number of nitrogen functional groups attached to an aromatic ring is 1. The van der Waals surface area contributed by atoms with E-state index < -0.39 is 10.0 Å². The predicted octanol–water partition coefficient (Wildman–Crippen LogP) is 1.36. The lowest BCUT2D eigenvalue weighted by atomic mass is 10.2. The van der Waals surface area contributed by atoms with E-state index in [1.165, 1.54) is 10.4 Å². The molecule has 0 bridgehead atoms. The first-order chi connectivity index (χ1) is 8.80. The van der Waals surface area contributed by atoms with Crippen LogP contribution in [0.3, 0.4) is 0 Å². The van der Waals surface area contributed by atoms with Crippen LogP contribution in [-0.2, 0) is 10.0 Å². The monoisotopic (exact) mass is 286 g/mol. The van der Waals surface area contributed by atoms with Crippen LogP contribution in [0.1, 0.15) is 25.8 Å². The average Bonchev–Trinajstić information content (AvgIpc) is 2.27. The third-order valence-electron chi connectivity index (χ3n) is 2.90. The fourth-order valence-electron chi connectivity index (χ4n) is 1.97. The van der Waals surface area contributed by atoms with Crippen molar-refractivity contribution in [2.45, 2.75) is 38.1 Å². The van der Waals surface area contributed by atoms with Gasteiger partial charge in [-0.3, -0.25) is 0 Å². The van der Waals surface area contributed by atoms with Crippen molar-refractivity contribution in [3.63, 3.8) is 0 Å². The van der Waals surface area contributed by atoms with Crippen LogP contribution in [0.4, 0.5) is 5.69 Å². The normalized spacial score (nSPS) is 12.3. The second-order valence-electron chi connectivity index (χ2n) is 4.81. The summed E-state index contributed by atoms with van der Waals surface area (Å²) < 4.78 is 26.6. The second kappa shape index (κ2) is 6.36. The zero-order chi connectivity index (χ0) is 14.6. The summed E-state index contributed by atoms with van der Waals surface area (Å²) in [4.78, 5) is 0.272. The van der Waals surface area contributed by atoms with Crippen molar-refractivity contribution in [1.82, 2.24) is 4.31 Å². The van der Waals surface area contributed by atoms with Crippen molar-refractivity contribution in [3.8, 4) is 0 Å². The maximum atomic E-state index is 12.6. The Kier molecular flexibility index (Phi) is 5.34. The molecule has 0 saturated carbocycles. The fourth-order valence-corrected chi connectivity index (χ4v) is 3.85. The summed E-state index contributed by atoms with van der Waals surface area (Å²) in [6.07, 6.45) is 0.422. The van der Waals surface area contributed by atoms with Gasteiger partial charge in [0.1, 0.15) is 0 Å². The predicted molar refractivity (Wildman–Crippen MR) is 76.3 cm³/mol. The van der Waals surface area contributed by atoms with E-state index in [-0.39, 0.29) is 17.5 Å². The van der Waals surface area contributed by atoms with Gasteiger partial charge in [0.25, 0.3) is 0 Å². The van der Waals surface area contributed by atoms with Gasteiger partial charge < -0.3 is 10.8 Å². The Hall–Kier alpha value is -1.11. The van der Waals surface area contributed by atoms with Crippen molar-refractivity contribution >= 4 is 15.7 Å². The number of nitrogens with zero attached hydrogens (tertiary/aromatic N) is 1. The van der Waals surface area contributed by atoms with Crippen LogP contribution in [0.5, 0.6) is 0 Å². The first kappa shape index (κ1) is 15.9. The summed E-state index contributed by atoms with van der Waals surface area (Å²) in [5.41, 5.74) is 6.82. The lowest BCUT2D eigenvalue weighted by Crippen LogP contribution is -2.38. The Morgan fingerprint density at radius 3 is 2.47 bits per heavy atom. The van der Waals surface area contributed by atoms with E-state index in [1.54, 1.807) is 19.1 Å². The number of benzene rings is 1. The van der Waals surface area contributed by atoms with E-state index in [9.17, 15) is 8.42 Å². The highest BCUT2D eigenvalue weighted by molar-refractivity contribution is 7.89. The number of rotatable bonds is 6. The molecule has 0 aromatic heterocycles. The van der Waals surface area contributed by atoms with Crippen molar-refractivity contribution in [2.24, 2.45) is 0 Å². The van der Waals surface area contributed by atoms with E-state index >= 15 is 0 Å². The first-order valence-corrected chi connectivity index (χ1v) is 7.73. The number of aliphatic hydroxyl groups is 1. The Morgan fingerprint density at radius 1 is 1.37 bits per heavy atom. The van der Waals surface area contributed by atoms with Gasteiger partial charge in [0.15, 0.2) is 0 Å². The lowest BCUT2D eigenvalue weighted by Gasteiger charge is -2.26. The lowest BCUT2D eigenvalue weighted by molar-refractivity contribution is 0.258. The molecule has 0 fully saturated rings. The molecule has 0 atom stereocenters. The molecule has 0 heterocycles. The minimum absolute atomic E-state index is 0.0283. The van der Waals surface area contributed by atoms with E-state index in [0.717, 1.165) is 0 Å². The molecule has 3 N–H and O–H groups in total. The highest BCUT2D eigenvalue weighted by Gasteiger charge is 2.27. The largest absolute Gasteiger partial charge is 0.399 e. The van der Waals surface area contributed by atoms with Crippen LogP contribution >= 0.6 is 0 Å². The summed E-state index contributed by atoms with van der Waals surface area (Å²) in [5.74, 6) is 0. The van der Waals surface area contributed by atoms with Crippen molar-refractivity contribution in [1.29, 1.82) is 0 Å². The molecule has 108 valence electrons. The standard InChI is InChI=1S/C13H22N2O3S/c1-10(2)15(7-4-8-16)19(17,18)13-6-5-12(14)9-11(13)3/h5-6,9-10,16H,4,7-8,14H2,1-3H3. The minimum Gasteiger partial charge on any atom is -0.399 e. The number of aryl methyl sites for hydroxylation is 1. The molecule has 0 spiro atoms. The number of anilines is 1. The SMILES string of the molecule is Cc1cc(N)ccc1S(=O)(=O)N(CCCO)C(C)C. The Balaban J connectivity index is 3.19. The fraction of sp³-hybridized carbons (Fsp3) is 0.538. The number of nitrogens with two attached hydrogens (primary N) is 1. The van der Waals surface area contributed by atoms with E-state index in [2.05, 4.69) is 0 Å². The van der Waals surface area contributed by atoms with Gasteiger partial charge in [-0.05, 0) is 51.0 Å². The molecule has 1 aromatic rings. The Labute approximate surface area is 115 Å². The van der Waals surface area contributed by atoms with Crippen LogP contribution in [-0.4, -0.2) is 37.0 Å². The molecule has 1 aromatic carbocycles. The smallest absolute Gasteiger partial charge is 0.243 e. The van der Waals surface area contributed by atoms with Gasteiger partial charge in [-0.15, -0.1) is 0 Å². The molecule has 0 amide bonds. The molecular formula is C13H22N2O3S. The van der Waals surface area contributed by atoms with Gasteiger partial charge >= 0.3 is 0 Å². The first-order valence-electron chi connectivity index (χ1n) is 6.29. The van der Waals surface area contributed by atoms with Gasteiger partial charge in [0.05, 0.1) is 4.90 Å². The molecule has 0 radical (unpaired) electrons. The van der Waals surface area contributed by atoms with Gasteiger partial charge in [0, 0.05) is 24.9 Å². The van der Waals surface area contributed by atoms with Crippen molar-refractivity contribution in [3.05, 3.63) is 23.8 Å². The molecule has 19 heavy (non-hydrogen) atoms. The molecule has 0 saturated heterocycles. The second-order valence-corrected chi connectivity index (χ2v) is 6.67. The van der Waals surface area contributed by atoms with Gasteiger partial charge in [-0.1, -0.05) is 0 Å². The summed E-state index contributed by atoms with van der Waals surface area (Å²) in [5, 5.41) is 8.89. The third-order valence-corrected chi connectivity index (χ3v) is 5.13. The summed E-state index contributed by atoms with van der Waals surface area (Å²) in [7, 11) is -3.55. The molecule has 6 heteroatoms. The topological polar surface area (TPSA) is 83.6 Å². The number of sulfonamides is 1. The highest BCUT2D eigenvalue weighted by atomic mass is 32.2. The van der Waals surface area contributed by atoms with E-state index in [1.807, 2.05) is 13.8 Å². The van der Waals surface area contributed by atoms with Gasteiger partial charge in [-0.2, -0.15) is 4.31 Å². The summed E-state index contributed by atoms with van der Waals surface area (Å²) in [6.45, 7) is 5.65. The highest BCUT2D eigenvalue weighted by Crippen LogP contribution is 2.23. The Bertz CT molecular complexity index is 527. The molecule has 0 aliphatic carbocycles. The van der Waals surface area contributed by atoms with Gasteiger partial charge in [0.2, 0.25) is 10.0 Å².